The van der Waals surface area contributed by atoms with Gasteiger partial charge in [-0.25, -0.2) is 14.7 Å². The molecule has 2 saturated heterocycles. The molecule has 0 radical (unpaired) electrons. The number of hydrogen-bond donors (Lipinski definition) is 1. The average Bonchev–Trinajstić information content (AvgIpc) is 3.79. The van der Waals surface area contributed by atoms with E-state index in [9.17, 15) is 18.0 Å². The number of nitrogens with zero attached hydrogens (tertiary/aromatic N) is 5. The van der Waals surface area contributed by atoms with Crippen LogP contribution in [-0.4, -0.2) is 82.9 Å². The van der Waals surface area contributed by atoms with Gasteiger partial charge in [-0.2, -0.15) is 8.42 Å². The lowest BCUT2D eigenvalue weighted by molar-refractivity contribution is -0.278. The fourth-order valence-corrected chi connectivity index (χ4v) is 11.4. The second-order valence-corrected chi connectivity index (χ2v) is 17.0. The summed E-state index contributed by atoms with van der Waals surface area (Å²) in [4.78, 5) is 40.9. The van der Waals surface area contributed by atoms with Crippen LogP contribution in [0.15, 0.2) is 60.0 Å². The summed E-state index contributed by atoms with van der Waals surface area (Å²) in [5, 5.41) is 0.598. The molecule has 5 atom stereocenters. The lowest BCUT2D eigenvalue weighted by atomic mass is 9.52. The molecule has 1 spiro atoms. The average molecular weight is 693 g/mol. The number of carbonyl (C=O) groups is 2. The molecule has 258 valence electrons. The molecule has 1 N–H and O–H groups in total. The number of sulfonamides is 1. The third-order valence-electron chi connectivity index (χ3n) is 13.3. The van der Waals surface area contributed by atoms with Crippen LogP contribution in [0, 0.1) is 5.41 Å². The number of amides is 2. The number of fused-ring (bicyclic) bond motifs is 7. The lowest BCUT2D eigenvalue weighted by Gasteiger charge is -2.80. The molecule has 2 aromatic heterocycles. The standard InChI is InChI=1S/C38H40N6O5S/c1-42-20-31-38(42)14-13-30(38)44(31)35(46)37-19-28(37)27-18-24(49-2)10-12-25(27)33-32(22-7-4-3-5-8-22)26-11-9-23(17-29(26)43(33)21-37)34(45)41-50(47,48)36-39-15-6-16-40-36/h6,9-12,15-18,22,28,30-31H,3-5,7-8,13-14,19-21H2,1-2H3,(H,41,45). The van der Waals surface area contributed by atoms with Crippen LogP contribution in [0.4, 0.5) is 0 Å². The van der Waals surface area contributed by atoms with Crippen LogP contribution < -0.4 is 9.46 Å². The molecular formula is C38H40N6O5S. The van der Waals surface area contributed by atoms with Gasteiger partial charge >= 0.3 is 0 Å². The molecule has 5 unspecified atom stereocenters. The van der Waals surface area contributed by atoms with Crippen molar-refractivity contribution in [1.29, 1.82) is 0 Å². The van der Waals surface area contributed by atoms with Crippen LogP contribution in [0.2, 0.25) is 0 Å². The molecule has 2 amide bonds. The summed E-state index contributed by atoms with van der Waals surface area (Å²) < 4.78 is 36.3. The van der Waals surface area contributed by atoms with Crippen molar-refractivity contribution in [2.45, 2.75) is 92.5 Å². The highest BCUT2D eigenvalue weighted by Crippen LogP contribution is 2.69. The van der Waals surface area contributed by atoms with Gasteiger partial charge in [0, 0.05) is 53.4 Å². The highest BCUT2D eigenvalue weighted by molar-refractivity contribution is 7.89. The third-order valence-corrected chi connectivity index (χ3v) is 14.4. The second kappa shape index (κ2) is 10.4. The Morgan fingerprint density at radius 3 is 2.50 bits per heavy atom. The Morgan fingerprint density at radius 2 is 1.80 bits per heavy atom. The summed E-state index contributed by atoms with van der Waals surface area (Å²) in [7, 11) is -0.402. The zero-order valence-electron chi connectivity index (χ0n) is 28.3. The minimum Gasteiger partial charge on any atom is -0.497 e. The first-order chi connectivity index (χ1) is 24.2. The normalized spacial score (nSPS) is 29.5. The van der Waals surface area contributed by atoms with Crippen molar-refractivity contribution in [1.82, 2.24) is 29.1 Å². The summed E-state index contributed by atoms with van der Waals surface area (Å²) in [5.74, 6) is 0.686. The van der Waals surface area contributed by atoms with Gasteiger partial charge in [-0.1, -0.05) is 25.3 Å². The van der Waals surface area contributed by atoms with E-state index in [0.717, 1.165) is 85.0 Å². The monoisotopic (exact) mass is 692 g/mol. The number of ether oxygens (including phenoxy) is 1. The first-order valence-corrected chi connectivity index (χ1v) is 19.4. The molecule has 2 aromatic carbocycles. The maximum atomic E-state index is 15.0. The summed E-state index contributed by atoms with van der Waals surface area (Å²) in [6.07, 6.45) is 11.3. The van der Waals surface area contributed by atoms with Gasteiger partial charge in [0.2, 0.25) is 5.91 Å². The van der Waals surface area contributed by atoms with E-state index in [2.05, 4.69) is 48.2 Å². The van der Waals surface area contributed by atoms with Crippen molar-refractivity contribution >= 4 is 32.7 Å². The molecule has 3 aliphatic carbocycles. The van der Waals surface area contributed by atoms with Gasteiger partial charge in [-0.05, 0) is 92.6 Å². The predicted octanol–water partition coefficient (Wildman–Crippen LogP) is 4.82. The number of carbonyl (C=O) groups excluding carboxylic acids is 2. The summed E-state index contributed by atoms with van der Waals surface area (Å²) in [6, 6.07) is 13.9. The minimum absolute atomic E-state index is 0.0598. The molecule has 3 saturated carbocycles. The number of nitrogens with one attached hydrogen (secondary N) is 1. The number of likely N-dealkylation sites (tertiary alicyclic amines) is 2. The smallest absolute Gasteiger partial charge is 0.300 e. The van der Waals surface area contributed by atoms with Crippen molar-refractivity contribution in [3.63, 3.8) is 0 Å². The predicted molar refractivity (Wildman–Crippen MR) is 185 cm³/mol. The van der Waals surface area contributed by atoms with Crippen LogP contribution in [0.25, 0.3) is 22.2 Å². The molecule has 5 heterocycles. The van der Waals surface area contributed by atoms with E-state index in [1.54, 1.807) is 13.2 Å². The minimum atomic E-state index is -4.28. The van der Waals surface area contributed by atoms with Crippen molar-refractivity contribution in [3.8, 4) is 17.0 Å². The highest BCUT2D eigenvalue weighted by Gasteiger charge is 2.78. The molecular weight excluding hydrogens is 653 g/mol. The number of likely N-dealkylation sites (N-methyl/N-ethyl adjacent to an activating group) is 1. The number of methoxy groups -OCH3 is 1. The molecule has 11 nitrogen and oxygen atoms in total. The van der Waals surface area contributed by atoms with Gasteiger partial charge in [0.25, 0.3) is 21.1 Å². The zero-order chi connectivity index (χ0) is 34.2. The Bertz CT molecular complexity index is 2220. The van der Waals surface area contributed by atoms with Crippen LogP contribution >= 0.6 is 0 Å². The summed E-state index contributed by atoms with van der Waals surface area (Å²) >= 11 is 0. The molecule has 6 aliphatic rings. The van der Waals surface area contributed by atoms with E-state index < -0.39 is 26.5 Å². The van der Waals surface area contributed by atoms with Crippen molar-refractivity contribution < 1.29 is 22.7 Å². The number of rotatable bonds is 6. The Balaban J connectivity index is 1.13. The van der Waals surface area contributed by atoms with Gasteiger partial charge in [-0.3, -0.25) is 14.5 Å². The van der Waals surface area contributed by atoms with E-state index in [1.807, 2.05) is 18.2 Å². The van der Waals surface area contributed by atoms with E-state index >= 15 is 0 Å². The summed E-state index contributed by atoms with van der Waals surface area (Å²) in [5.41, 5.74) is 5.33. The Kier molecular flexibility index (Phi) is 6.34. The van der Waals surface area contributed by atoms with E-state index in [0.29, 0.717) is 12.5 Å². The quantitative estimate of drug-likeness (QED) is 0.285. The molecule has 3 aliphatic heterocycles. The fourth-order valence-electron chi connectivity index (χ4n) is 10.6. The Morgan fingerprint density at radius 1 is 1.00 bits per heavy atom. The van der Waals surface area contributed by atoms with Gasteiger partial charge in [0.15, 0.2) is 0 Å². The number of piperazine rings is 1. The largest absolute Gasteiger partial charge is 0.497 e. The van der Waals surface area contributed by atoms with Gasteiger partial charge in [0.05, 0.1) is 35.8 Å². The number of benzene rings is 2. The zero-order valence-corrected chi connectivity index (χ0v) is 29.1. The van der Waals surface area contributed by atoms with E-state index in [-0.39, 0.29) is 35.0 Å². The molecule has 4 aromatic rings. The van der Waals surface area contributed by atoms with E-state index in [4.69, 9.17) is 4.74 Å². The van der Waals surface area contributed by atoms with Crippen LogP contribution in [0.1, 0.15) is 84.7 Å². The van der Waals surface area contributed by atoms with Gasteiger partial charge < -0.3 is 14.2 Å². The van der Waals surface area contributed by atoms with Crippen molar-refractivity contribution in [2.75, 3.05) is 20.7 Å². The maximum absolute atomic E-state index is 15.0. The van der Waals surface area contributed by atoms with Gasteiger partial charge in [-0.15, -0.1) is 0 Å². The van der Waals surface area contributed by atoms with Crippen LogP contribution in [0.3, 0.4) is 0 Å². The maximum Gasteiger partial charge on any atom is 0.300 e. The fraction of sp³-hybridized carbons (Fsp3) is 0.474. The van der Waals surface area contributed by atoms with E-state index in [1.165, 1.54) is 30.4 Å². The highest BCUT2D eigenvalue weighted by atomic mass is 32.2. The first-order valence-electron chi connectivity index (χ1n) is 17.9. The molecule has 10 rings (SSSR count). The number of piperidine rings is 1. The summed E-state index contributed by atoms with van der Waals surface area (Å²) in [6.45, 7) is 1.43. The topological polar surface area (TPSA) is 127 Å². The van der Waals surface area contributed by atoms with Crippen molar-refractivity contribution in [2.24, 2.45) is 5.41 Å². The SMILES string of the molecule is COc1ccc2c(c1)C1CC1(C(=O)N1C3CCC34C1CN4C)Cn1c-2c(C2CCCCC2)c2ccc(C(=O)NS(=O)(=O)c3ncccn3)cc21. The van der Waals surface area contributed by atoms with Crippen molar-refractivity contribution in [3.05, 3.63) is 71.5 Å². The molecule has 12 heteroatoms. The Hall–Kier alpha value is -4.29. The Labute approximate surface area is 291 Å². The molecule has 5 fully saturated rings. The van der Waals surface area contributed by atoms with Crippen LogP contribution in [0.5, 0.6) is 5.75 Å². The first kappa shape index (κ1) is 30.5. The lowest BCUT2D eigenvalue weighted by Crippen LogP contribution is -2.96. The third kappa shape index (κ3) is 3.91. The van der Waals surface area contributed by atoms with Gasteiger partial charge in [0.1, 0.15) is 5.75 Å². The molecule has 50 heavy (non-hydrogen) atoms. The number of aromatic nitrogens is 3. The molecule has 0 bridgehead atoms. The van der Waals surface area contributed by atoms with Crippen LogP contribution in [-0.2, 0) is 21.4 Å². The number of hydrogen-bond acceptors (Lipinski definition) is 8. The second-order valence-electron chi connectivity index (χ2n) is 15.4.